The number of ether oxygens (including phenoxy) is 1. The van der Waals surface area contributed by atoms with Crippen LogP contribution in [0.25, 0.3) is 0 Å². The van der Waals surface area contributed by atoms with Crippen LogP contribution in [0, 0.1) is 0 Å². The maximum atomic E-state index is 9.53. The van der Waals surface area contributed by atoms with Gasteiger partial charge < -0.3 is 14.7 Å². The lowest BCUT2D eigenvalue weighted by molar-refractivity contribution is 0.0875. The summed E-state index contributed by atoms with van der Waals surface area (Å²) in [7, 11) is 2.21. The van der Waals surface area contributed by atoms with E-state index in [0.29, 0.717) is 18.7 Å². The van der Waals surface area contributed by atoms with Crippen molar-refractivity contribution in [2.24, 2.45) is 0 Å². The highest BCUT2D eigenvalue weighted by Crippen LogP contribution is 2.39. The molecule has 2 aliphatic rings. The number of benzene rings is 1. The highest BCUT2D eigenvalue weighted by molar-refractivity contribution is 5.44. The zero-order valence-electron chi connectivity index (χ0n) is 12.4. The Morgan fingerprint density at radius 3 is 2.80 bits per heavy atom. The van der Waals surface area contributed by atoms with Crippen LogP contribution in [0.1, 0.15) is 31.4 Å². The molecular weight excluding hydrogens is 252 g/mol. The predicted molar refractivity (Wildman–Crippen MR) is 79.2 cm³/mol. The maximum absolute atomic E-state index is 9.53. The summed E-state index contributed by atoms with van der Waals surface area (Å²) < 4.78 is 5.73. The number of nitrogens with zero attached hydrogens (tertiary/aromatic N) is 2. The van der Waals surface area contributed by atoms with E-state index >= 15 is 0 Å². The van der Waals surface area contributed by atoms with E-state index in [-0.39, 0.29) is 5.75 Å². The van der Waals surface area contributed by atoms with Crippen LogP contribution in [0.3, 0.4) is 0 Å². The largest absolute Gasteiger partial charge is 0.508 e. The monoisotopic (exact) mass is 276 g/mol. The number of fused-ring (bicyclic) bond motifs is 1. The minimum atomic E-state index is 0.281. The number of piperidine rings is 1. The van der Waals surface area contributed by atoms with Gasteiger partial charge in [-0.05, 0) is 51.7 Å². The molecule has 1 unspecified atom stereocenters. The summed E-state index contributed by atoms with van der Waals surface area (Å²) in [6.45, 7) is 6.48. The first kappa shape index (κ1) is 13.7. The molecule has 4 heteroatoms. The lowest BCUT2D eigenvalue weighted by Crippen LogP contribution is -2.44. The van der Waals surface area contributed by atoms with Crippen molar-refractivity contribution in [2.45, 2.75) is 31.8 Å². The van der Waals surface area contributed by atoms with E-state index in [4.69, 9.17) is 4.74 Å². The summed E-state index contributed by atoms with van der Waals surface area (Å²) >= 11 is 0. The normalized spacial score (nSPS) is 23.9. The van der Waals surface area contributed by atoms with Crippen LogP contribution in [0.4, 0.5) is 0 Å². The first-order chi connectivity index (χ1) is 9.69. The molecule has 2 heterocycles. The Labute approximate surface area is 120 Å². The highest BCUT2D eigenvalue weighted by atomic mass is 16.5. The second-order valence-corrected chi connectivity index (χ2v) is 5.88. The third kappa shape index (κ3) is 2.50. The van der Waals surface area contributed by atoms with Crippen LogP contribution < -0.4 is 4.74 Å². The molecule has 0 radical (unpaired) electrons. The van der Waals surface area contributed by atoms with Gasteiger partial charge in [0, 0.05) is 17.7 Å². The van der Waals surface area contributed by atoms with E-state index in [1.54, 1.807) is 12.1 Å². The van der Waals surface area contributed by atoms with Gasteiger partial charge in [0.1, 0.15) is 18.1 Å². The van der Waals surface area contributed by atoms with Gasteiger partial charge in [-0.2, -0.15) is 0 Å². The molecule has 0 amide bonds. The predicted octanol–water partition coefficient (Wildman–Crippen LogP) is 2.24. The van der Waals surface area contributed by atoms with Crippen molar-refractivity contribution in [3.8, 4) is 11.5 Å². The molecular formula is C16H24N2O2. The zero-order chi connectivity index (χ0) is 14.1. The Bertz CT molecular complexity index is 470. The van der Waals surface area contributed by atoms with Crippen LogP contribution in [-0.4, -0.2) is 54.2 Å². The first-order valence-electron chi connectivity index (χ1n) is 7.59. The molecule has 110 valence electrons. The Morgan fingerprint density at radius 2 is 2.10 bits per heavy atom. The molecule has 1 aromatic carbocycles. The molecule has 1 fully saturated rings. The standard InChI is InChI=1S/C16H24N2O2/c1-3-18-8-6-12(7-9-18)17(2)15-11-20-16-10-13(19)4-5-14(15)16/h4-5,10,12,15,19H,3,6-9,11H2,1-2H3. The molecule has 1 N–H and O–H groups in total. The van der Waals surface area contributed by atoms with E-state index in [1.165, 1.54) is 31.5 Å². The second-order valence-electron chi connectivity index (χ2n) is 5.88. The maximum Gasteiger partial charge on any atom is 0.127 e. The van der Waals surface area contributed by atoms with Gasteiger partial charge in [0.15, 0.2) is 0 Å². The summed E-state index contributed by atoms with van der Waals surface area (Å²) in [5.74, 6) is 1.12. The summed E-state index contributed by atoms with van der Waals surface area (Å²) in [6, 6.07) is 6.44. The van der Waals surface area contributed by atoms with Crippen LogP contribution in [-0.2, 0) is 0 Å². The van der Waals surface area contributed by atoms with Gasteiger partial charge in [-0.3, -0.25) is 4.90 Å². The molecule has 1 aromatic rings. The van der Waals surface area contributed by atoms with Crippen LogP contribution >= 0.6 is 0 Å². The van der Waals surface area contributed by atoms with Crippen molar-refractivity contribution >= 4 is 0 Å². The fourth-order valence-corrected chi connectivity index (χ4v) is 3.42. The number of likely N-dealkylation sites (N-methyl/N-ethyl adjacent to an activating group) is 1. The van der Waals surface area contributed by atoms with E-state index in [0.717, 1.165) is 12.3 Å². The number of hydrogen-bond donors (Lipinski definition) is 1. The van der Waals surface area contributed by atoms with Crippen molar-refractivity contribution in [1.82, 2.24) is 9.80 Å². The number of rotatable bonds is 3. The fraction of sp³-hybridized carbons (Fsp3) is 0.625. The van der Waals surface area contributed by atoms with Gasteiger partial charge in [0.05, 0.1) is 6.04 Å². The quantitative estimate of drug-likeness (QED) is 0.918. The molecule has 2 aliphatic heterocycles. The zero-order valence-corrected chi connectivity index (χ0v) is 12.4. The molecule has 3 rings (SSSR count). The number of likely N-dealkylation sites (tertiary alicyclic amines) is 1. The Hall–Kier alpha value is -1.26. The lowest BCUT2D eigenvalue weighted by atomic mass is 9.99. The molecule has 0 spiro atoms. The SMILES string of the molecule is CCN1CCC(N(C)C2COc3cc(O)ccc32)CC1. The molecule has 4 nitrogen and oxygen atoms in total. The molecule has 0 aromatic heterocycles. The average molecular weight is 276 g/mol. The number of phenols is 1. The Kier molecular flexibility index (Phi) is 3.85. The van der Waals surface area contributed by atoms with Crippen LogP contribution in [0.5, 0.6) is 11.5 Å². The minimum absolute atomic E-state index is 0.281. The van der Waals surface area contributed by atoms with Gasteiger partial charge in [-0.1, -0.05) is 6.92 Å². The van der Waals surface area contributed by atoms with Crippen molar-refractivity contribution in [2.75, 3.05) is 33.3 Å². The summed E-state index contributed by atoms with van der Waals surface area (Å²) in [5, 5.41) is 9.53. The van der Waals surface area contributed by atoms with Crippen molar-refractivity contribution < 1.29 is 9.84 Å². The van der Waals surface area contributed by atoms with E-state index in [1.807, 2.05) is 6.07 Å². The summed E-state index contributed by atoms with van der Waals surface area (Å²) in [5.41, 5.74) is 1.21. The van der Waals surface area contributed by atoms with Crippen molar-refractivity contribution in [3.05, 3.63) is 23.8 Å². The van der Waals surface area contributed by atoms with Crippen LogP contribution in [0.15, 0.2) is 18.2 Å². The second kappa shape index (κ2) is 5.62. The van der Waals surface area contributed by atoms with Crippen LogP contribution in [0.2, 0.25) is 0 Å². The van der Waals surface area contributed by atoms with E-state index in [9.17, 15) is 5.11 Å². The van der Waals surface area contributed by atoms with Crippen molar-refractivity contribution in [3.63, 3.8) is 0 Å². The Balaban J connectivity index is 1.69. The van der Waals surface area contributed by atoms with Gasteiger partial charge >= 0.3 is 0 Å². The number of hydrogen-bond acceptors (Lipinski definition) is 4. The molecule has 0 bridgehead atoms. The molecule has 1 atom stereocenters. The van der Waals surface area contributed by atoms with Gasteiger partial charge in [0.2, 0.25) is 0 Å². The summed E-state index contributed by atoms with van der Waals surface area (Å²) in [4.78, 5) is 4.98. The highest BCUT2D eigenvalue weighted by Gasteiger charge is 2.32. The number of aromatic hydroxyl groups is 1. The van der Waals surface area contributed by atoms with E-state index in [2.05, 4.69) is 23.8 Å². The topological polar surface area (TPSA) is 35.9 Å². The molecule has 0 saturated carbocycles. The third-order valence-electron chi connectivity index (χ3n) is 4.82. The number of phenolic OH excluding ortho intramolecular Hbond substituents is 1. The molecule has 0 aliphatic carbocycles. The van der Waals surface area contributed by atoms with Gasteiger partial charge in [-0.25, -0.2) is 0 Å². The average Bonchev–Trinajstić information content (AvgIpc) is 2.89. The van der Waals surface area contributed by atoms with Crippen molar-refractivity contribution in [1.29, 1.82) is 0 Å². The molecule has 20 heavy (non-hydrogen) atoms. The summed E-state index contributed by atoms with van der Waals surface area (Å²) in [6.07, 6.45) is 2.46. The third-order valence-corrected chi connectivity index (χ3v) is 4.82. The van der Waals surface area contributed by atoms with Gasteiger partial charge in [-0.15, -0.1) is 0 Å². The van der Waals surface area contributed by atoms with Gasteiger partial charge in [0.25, 0.3) is 0 Å². The smallest absolute Gasteiger partial charge is 0.127 e. The minimum Gasteiger partial charge on any atom is -0.508 e. The fourth-order valence-electron chi connectivity index (χ4n) is 3.42. The molecule has 1 saturated heterocycles. The van der Waals surface area contributed by atoms with E-state index < -0.39 is 0 Å². The lowest BCUT2D eigenvalue weighted by Gasteiger charge is -2.38. The Morgan fingerprint density at radius 1 is 1.35 bits per heavy atom. The first-order valence-corrected chi connectivity index (χ1v) is 7.59.